The molecule has 2 atom stereocenters. The summed E-state index contributed by atoms with van der Waals surface area (Å²) < 4.78 is 0. The van der Waals surface area contributed by atoms with Crippen LogP contribution in [0.15, 0.2) is 18.2 Å². The first-order valence-corrected chi connectivity index (χ1v) is 7.77. The van der Waals surface area contributed by atoms with Crippen molar-refractivity contribution in [1.82, 2.24) is 10.6 Å². The van der Waals surface area contributed by atoms with Crippen molar-refractivity contribution in [3.8, 4) is 0 Å². The normalized spacial score (nSPS) is 21.5. The SMILES string of the molecule is C[C@H]1C[C@@H](C(=O)NCCc2ccc(Cl)cc2Cl)CCN1.Cl. The third-order valence-electron chi connectivity index (χ3n) is 3.70. The van der Waals surface area contributed by atoms with E-state index >= 15 is 0 Å². The molecule has 2 N–H and O–H groups in total. The number of hydrogen-bond donors (Lipinski definition) is 2. The van der Waals surface area contributed by atoms with Gasteiger partial charge in [-0.2, -0.15) is 0 Å². The van der Waals surface area contributed by atoms with E-state index in [4.69, 9.17) is 23.2 Å². The number of carbonyl (C=O) groups excluding carboxylic acids is 1. The van der Waals surface area contributed by atoms with E-state index in [9.17, 15) is 4.79 Å². The second-order valence-corrected chi connectivity index (χ2v) is 6.20. The third-order valence-corrected chi connectivity index (χ3v) is 4.29. The van der Waals surface area contributed by atoms with E-state index in [0.29, 0.717) is 22.6 Å². The highest BCUT2D eigenvalue weighted by Gasteiger charge is 2.24. The Morgan fingerprint density at radius 3 is 2.86 bits per heavy atom. The van der Waals surface area contributed by atoms with Crippen LogP contribution in [-0.2, 0) is 11.2 Å². The van der Waals surface area contributed by atoms with Gasteiger partial charge in [0.1, 0.15) is 0 Å². The summed E-state index contributed by atoms with van der Waals surface area (Å²) in [7, 11) is 0. The van der Waals surface area contributed by atoms with E-state index in [0.717, 1.165) is 31.4 Å². The minimum atomic E-state index is 0. The zero-order valence-corrected chi connectivity index (χ0v) is 14.3. The zero-order chi connectivity index (χ0) is 14.5. The Bertz CT molecular complexity index is 482. The summed E-state index contributed by atoms with van der Waals surface area (Å²) in [5.41, 5.74) is 1.01. The van der Waals surface area contributed by atoms with Gasteiger partial charge in [-0.3, -0.25) is 4.79 Å². The Morgan fingerprint density at radius 2 is 2.19 bits per heavy atom. The molecule has 0 saturated carbocycles. The second kappa shape index (κ2) is 8.84. The molecule has 1 amide bonds. The predicted octanol–water partition coefficient (Wildman–Crippen LogP) is 3.46. The van der Waals surface area contributed by atoms with Crippen molar-refractivity contribution >= 4 is 41.5 Å². The van der Waals surface area contributed by atoms with Gasteiger partial charge in [0.05, 0.1) is 0 Å². The number of rotatable bonds is 4. The molecule has 1 fully saturated rings. The summed E-state index contributed by atoms with van der Waals surface area (Å²) >= 11 is 12.0. The van der Waals surface area contributed by atoms with E-state index in [1.807, 2.05) is 12.1 Å². The van der Waals surface area contributed by atoms with Crippen LogP contribution in [0.25, 0.3) is 0 Å². The summed E-state index contributed by atoms with van der Waals surface area (Å²) in [6.07, 6.45) is 2.55. The molecule has 2 rings (SSSR count). The van der Waals surface area contributed by atoms with Gasteiger partial charge in [-0.1, -0.05) is 29.3 Å². The summed E-state index contributed by atoms with van der Waals surface area (Å²) in [6, 6.07) is 5.88. The molecule has 1 aromatic rings. The minimum Gasteiger partial charge on any atom is -0.356 e. The maximum atomic E-state index is 12.1. The quantitative estimate of drug-likeness (QED) is 0.872. The van der Waals surface area contributed by atoms with E-state index in [1.165, 1.54) is 0 Å². The number of benzene rings is 1. The van der Waals surface area contributed by atoms with Crippen LogP contribution in [0.1, 0.15) is 25.3 Å². The van der Waals surface area contributed by atoms with E-state index in [1.54, 1.807) is 6.07 Å². The summed E-state index contributed by atoms with van der Waals surface area (Å²) in [5.74, 6) is 0.287. The van der Waals surface area contributed by atoms with Crippen molar-refractivity contribution in [3.05, 3.63) is 33.8 Å². The van der Waals surface area contributed by atoms with Crippen molar-refractivity contribution in [2.24, 2.45) is 5.92 Å². The number of nitrogens with one attached hydrogen (secondary N) is 2. The minimum absolute atomic E-state index is 0. The van der Waals surface area contributed by atoms with Gasteiger partial charge >= 0.3 is 0 Å². The van der Waals surface area contributed by atoms with Crippen molar-refractivity contribution in [2.45, 2.75) is 32.2 Å². The molecular weight excluding hydrogens is 331 g/mol. The van der Waals surface area contributed by atoms with Crippen LogP contribution in [-0.4, -0.2) is 25.0 Å². The first kappa shape index (κ1) is 18.6. The lowest BCUT2D eigenvalue weighted by molar-refractivity contribution is -0.126. The average Bonchev–Trinajstić information content (AvgIpc) is 2.41. The van der Waals surface area contributed by atoms with Crippen LogP contribution in [0.5, 0.6) is 0 Å². The Labute approximate surface area is 142 Å². The number of halogens is 3. The Morgan fingerprint density at radius 1 is 1.43 bits per heavy atom. The van der Waals surface area contributed by atoms with Gasteiger partial charge in [-0.15, -0.1) is 12.4 Å². The van der Waals surface area contributed by atoms with E-state index in [2.05, 4.69) is 17.6 Å². The van der Waals surface area contributed by atoms with Gasteiger partial charge in [0, 0.05) is 28.5 Å². The molecule has 0 aromatic heterocycles. The fraction of sp³-hybridized carbons (Fsp3) is 0.533. The molecule has 1 aromatic carbocycles. The van der Waals surface area contributed by atoms with Crippen LogP contribution in [0.3, 0.4) is 0 Å². The largest absolute Gasteiger partial charge is 0.356 e. The number of amides is 1. The highest BCUT2D eigenvalue weighted by Crippen LogP contribution is 2.21. The fourth-order valence-corrected chi connectivity index (χ4v) is 3.06. The average molecular weight is 352 g/mol. The van der Waals surface area contributed by atoms with Gasteiger partial charge < -0.3 is 10.6 Å². The molecular formula is C15H21Cl3N2O. The summed E-state index contributed by atoms with van der Waals surface area (Å²) in [5, 5.41) is 7.64. The smallest absolute Gasteiger partial charge is 0.223 e. The lowest BCUT2D eigenvalue weighted by Crippen LogP contribution is -2.42. The molecule has 6 heteroatoms. The van der Waals surface area contributed by atoms with Crippen molar-refractivity contribution in [1.29, 1.82) is 0 Å². The predicted molar refractivity (Wildman–Crippen MR) is 90.6 cm³/mol. The molecule has 21 heavy (non-hydrogen) atoms. The molecule has 1 saturated heterocycles. The molecule has 1 heterocycles. The summed E-state index contributed by atoms with van der Waals surface area (Å²) in [4.78, 5) is 12.1. The lowest BCUT2D eigenvalue weighted by Gasteiger charge is -2.27. The van der Waals surface area contributed by atoms with Gasteiger partial charge in [0.2, 0.25) is 5.91 Å². The van der Waals surface area contributed by atoms with Gasteiger partial charge in [0.15, 0.2) is 0 Å². The number of piperidine rings is 1. The van der Waals surface area contributed by atoms with Gasteiger partial charge in [-0.05, 0) is 50.4 Å². The molecule has 0 radical (unpaired) electrons. The molecule has 1 aliphatic rings. The summed E-state index contributed by atoms with van der Waals surface area (Å²) in [6.45, 7) is 3.65. The maximum Gasteiger partial charge on any atom is 0.223 e. The van der Waals surface area contributed by atoms with Crippen LogP contribution >= 0.6 is 35.6 Å². The van der Waals surface area contributed by atoms with Crippen molar-refractivity contribution < 1.29 is 4.79 Å². The maximum absolute atomic E-state index is 12.1. The number of hydrogen-bond acceptors (Lipinski definition) is 2. The topological polar surface area (TPSA) is 41.1 Å². The van der Waals surface area contributed by atoms with Crippen LogP contribution in [0, 0.1) is 5.92 Å². The Hall–Kier alpha value is -0.480. The van der Waals surface area contributed by atoms with E-state index < -0.39 is 0 Å². The molecule has 1 aliphatic heterocycles. The van der Waals surface area contributed by atoms with Crippen LogP contribution in [0.2, 0.25) is 10.0 Å². The van der Waals surface area contributed by atoms with Crippen LogP contribution in [0.4, 0.5) is 0 Å². The van der Waals surface area contributed by atoms with Crippen molar-refractivity contribution in [2.75, 3.05) is 13.1 Å². The third kappa shape index (κ3) is 5.67. The molecule has 0 spiro atoms. The molecule has 3 nitrogen and oxygen atoms in total. The number of carbonyl (C=O) groups is 1. The standard InChI is InChI=1S/C15H20Cl2N2O.ClH/c1-10-8-12(5-6-18-10)15(20)19-7-4-11-2-3-13(16)9-14(11)17;/h2-3,9-10,12,18H,4-8H2,1H3,(H,19,20);1H/t10-,12-;/m0./s1. The van der Waals surface area contributed by atoms with E-state index in [-0.39, 0.29) is 24.2 Å². The molecule has 0 unspecified atom stereocenters. The van der Waals surface area contributed by atoms with Crippen molar-refractivity contribution in [3.63, 3.8) is 0 Å². The second-order valence-electron chi connectivity index (χ2n) is 5.35. The monoisotopic (exact) mass is 350 g/mol. The first-order chi connectivity index (χ1) is 9.56. The first-order valence-electron chi connectivity index (χ1n) is 7.01. The van der Waals surface area contributed by atoms with Gasteiger partial charge in [-0.25, -0.2) is 0 Å². The Balaban J connectivity index is 0.00000220. The van der Waals surface area contributed by atoms with Crippen LogP contribution < -0.4 is 10.6 Å². The Kier molecular flexibility index (Phi) is 7.82. The highest BCUT2D eigenvalue weighted by atomic mass is 35.5. The fourth-order valence-electron chi connectivity index (χ4n) is 2.56. The van der Waals surface area contributed by atoms with Gasteiger partial charge in [0.25, 0.3) is 0 Å². The molecule has 0 bridgehead atoms. The lowest BCUT2D eigenvalue weighted by atomic mass is 9.92. The molecule has 0 aliphatic carbocycles. The molecule has 118 valence electrons. The highest BCUT2D eigenvalue weighted by molar-refractivity contribution is 6.35. The zero-order valence-electron chi connectivity index (χ0n) is 12.0.